The molecular weight excluding hydrogens is 290 g/mol. The van der Waals surface area contributed by atoms with Gasteiger partial charge in [-0.3, -0.25) is 9.69 Å². The van der Waals surface area contributed by atoms with Crippen LogP contribution in [0.4, 0.5) is 0 Å². The van der Waals surface area contributed by atoms with Gasteiger partial charge in [0.15, 0.2) is 0 Å². The smallest absolute Gasteiger partial charge is 0.223 e. The lowest BCUT2D eigenvalue weighted by Gasteiger charge is -2.42. The lowest BCUT2D eigenvalue weighted by molar-refractivity contribution is -0.133. The number of carbonyl (C=O) groups excluding carboxylic acids is 1. The molecule has 3 fully saturated rings. The van der Waals surface area contributed by atoms with Crippen LogP contribution in [0.1, 0.15) is 19.3 Å². The first-order chi connectivity index (χ1) is 11.2. The molecule has 0 aromatic carbocycles. The molecule has 3 rings (SSSR count). The van der Waals surface area contributed by atoms with Crippen molar-refractivity contribution in [1.82, 2.24) is 24.9 Å². The van der Waals surface area contributed by atoms with E-state index >= 15 is 0 Å². The van der Waals surface area contributed by atoms with Crippen LogP contribution in [0.2, 0.25) is 0 Å². The van der Waals surface area contributed by atoms with Crippen molar-refractivity contribution in [3.63, 3.8) is 0 Å². The molecule has 3 saturated heterocycles. The minimum atomic E-state index is 0.353. The molecule has 132 valence electrons. The van der Waals surface area contributed by atoms with E-state index in [0.717, 1.165) is 64.9 Å². The van der Waals surface area contributed by atoms with Gasteiger partial charge in [-0.2, -0.15) is 0 Å². The van der Waals surface area contributed by atoms with Crippen molar-refractivity contribution in [3.05, 3.63) is 0 Å². The minimum Gasteiger partial charge on any atom is -0.340 e. The van der Waals surface area contributed by atoms with Crippen LogP contribution in [0.25, 0.3) is 0 Å². The molecule has 23 heavy (non-hydrogen) atoms. The van der Waals surface area contributed by atoms with Crippen LogP contribution >= 0.6 is 0 Å². The molecule has 3 heterocycles. The minimum absolute atomic E-state index is 0.353. The Balaban J connectivity index is 1.35. The van der Waals surface area contributed by atoms with E-state index in [-0.39, 0.29) is 0 Å². The summed E-state index contributed by atoms with van der Waals surface area (Å²) < 4.78 is 0. The van der Waals surface area contributed by atoms with Gasteiger partial charge in [-0.1, -0.05) is 0 Å². The normalized spacial score (nSPS) is 26.6. The molecule has 0 unspecified atom stereocenters. The van der Waals surface area contributed by atoms with Gasteiger partial charge in [0.2, 0.25) is 5.91 Å². The topological polar surface area (TPSA) is 42.1 Å². The van der Waals surface area contributed by atoms with Crippen molar-refractivity contribution in [2.45, 2.75) is 25.3 Å². The van der Waals surface area contributed by atoms with Gasteiger partial charge in [0, 0.05) is 71.4 Å². The van der Waals surface area contributed by atoms with Crippen molar-refractivity contribution >= 4 is 5.91 Å². The van der Waals surface area contributed by atoms with Crippen molar-refractivity contribution in [2.24, 2.45) is 0 Å². The zero-order valence-electron chi connectivity index (χ0n) is 14.7. The Kier molecular flexibility index (Phi) is 6.28. The third-order valence-corrected chi connectivity index (χ3v) is 5.72. The lowest BCUT2D eigenvalue weighted by atomic mass is 10.0. The highest BCUT2D eigenvalue weighted by Gasteiger charge is 2.28. The van der Waals surface area contributed by atoms with Gasteiger partial charge in [-0.25, -0.2) is 0 Å². The molecular formula is C17H33N5O. The average Bonchev–Trinajstić information content (AvgIpc) is 2.61. The second-order valence-electron chi connectivity index (χ2n) is 7.29. The monoisotopic (exact) mass is 323 g/mol. The van der Waals surface area contributed by atoms with E-state index in [4.69, 9.17) is 0 Å². The zero-order chi connectivity index (χ0) is 16.1. The summed E-state index contributed by atoms with van der Waals surface area (Å²) in [5, 5.41) is 3.36. The molecule has 3 aliphatic heterocycles. The number of hydrogen-bond acceptors (Lipinski definition) is 5. The van der Waals surface area contributed by atoms with Gasteiger partial charge in [0.05, 0.1) is 0 Å². The third-order valence-electron chi connectivity index (χ3n) is 5.72. The van der Waals surface area contributed by atoms with Gasteiger partial charge < -0.3 is 20.0 Å². The zero-order valence-corrected chi connectivity index (χ0v) is 14.7. The molecule has 0 aromatic rings. The van der Waals surface area contributed by atoms with Crippen LogP contribution in [0, 0.1) is 0 Å². The van der Waals surface area contributed by atoms with Gasteiger partial charge in [0.1, 0.15) is 0 Å². The summed E-state index contributed by atoms with van der Waals surface area (Å²) in [6, 6.07) is 0.740. The first-order valence-corrected chi connectivity index (χ1v) is 9.36. The second kappa shape index (κ2) is 8.42. The highest BCUT2D eigenvalue weighted by Crippen LogP contribution is 2.17. The molecule has 0 aliphatic carbocycles. The van der Waals surface area contributed by atoms with Crippen LogP contribution in [-0.2, 0) is 4.79 Å². The van der Waals surface area contributed by atoms with E-state index in [1.54, 1.807) is 0 Å². The molecule has 1 N–H and O–H groups in total. The Bertz CT molecular complexity index is 369. The van der Waals surface area contributed by atoms with Gasteiger partial charge in [-0.15, -0.1) is 0 Å². The number of nitrogens with zero attached hydrogens (tertiary/aromatic N) is 4. The molecule has 0 radical (unpaired) electrons. The van der Waals surface area contributed by atoms with E-state index in [1.807, 2.05) is 0 Å². The molecule has 0 spiro atoms. The van der Waals surface area contributed by atoms with Crippen LogP contribution in [0.15, 0.2) is 0 Å². The fourth-order valence-corrected chi connectivity index (χ4v) is 4.04. The highest BCUT2D eigenvalue weighted by molar-refractivity contribution is 5.76. The summed E-state index contributed by atoms with van der Waals surface area (Å²) in [6.45, 7) is 11.6. The van der Waals surface area contributed by atoms with E-state index < -0.39 is 0 Å². The van der Waals surface area contributed by atoms with Crippen LogP contribution in [0.5, 0.6) is 0 Å². The maximum absolute atomic E-state index is 12.4. The fourth-order valence-electron chi connectivity index (χ4n) is 4.04. The third kappa shape index (κ3) is 4.89. The molecule has 1 amide bonds. The van der Waals surface area contributed by atoms with Gasteiger partial charge >= 0.3 is 0 Å². The number of likely N-dealkylation sites (tertiary alicyclic amines) is 1. The Labute approximate surface area is 140 Å². The fraction of sp³-hybridized carbons (Fsp3) is 0.941. The van der Waals surface area contributed by atoms with Crippen LogP contribution in [0.3, 0.4) is 0 Å². The Morgan fingerprint density at radius 1 is 0.957 bits per heavy atom. The van der Waals surface area contributed by atoms with Crippen molar-refractivity contribution < 1.29 is 4.79 Å². The Morgan fingerprint density at radius 2 is 1.61 bits per heavy atom. The molecule has 3 aliphatic rings. The summed E-state index contributed by atoms with van der Waals surface area (Å²) >= 11 is 0. The maximum Gasteiger partial charge on any atom is 0.223 e. The van der Waals surface area contributed by atoms with E-state index in [2.05, 4.69) is 32.0 Å². The number of carbonyl (C=O) groups is 1. The Hall–Kier alpha value is -0.690. The first-order valence-electron chi connectivity index (χ1n) is 9.36. The lowest BCUT2D eigenvalue weighted by Crippen LogP contribution is -2.54. The predicted molar refractivity (Wildman–Crippen MR) is 92.6 cm³/mol. The quantitative estimate of drug-likeness (QED) is 0.757. The highest BCUT2D eigenvalue weighted by atomic mass is 16.2. The summed E-state index contributed by atoms with van der Waals surface area (Å²) in [7, 11) is 2.21. The molecule has 0 bridgehead atoms. The summed E-state index contributed by atoms with van der Waals surface area (Å²) in [6.07, 6.45) is 3.26. The maximum atomic E-state index is 12.4. The van der Waals surface area contributed by atoms with E-state index in [0.29, 0.717) is 12.3 Å². The van der Waals surface area contributed by atoms with E-state index in [9.17, 15) is 4.79 Å². The molecule has 0 aromatic heterocycles. The molecule has 6 heteroatoms. The summed E-state index contributed by atoms with van der Waals surface area (Å²) in [5.74, 6) is 0.353. The molecule has 6 nitrogen and oxygen atoms in total. The van der Waals surface area contributed by atoms with Crippen LogP contribution < -0.4 is 5.32 Å². The van der Waals surface area contributed by atoms with Crippen molar-refractivity contribution in [2.75, 3.05) is 79.0 Å². The van der Waals surface area contributed by atoms with Gasteiger partial charge in [0.25, 0.3) is 0 Å². The SMILES string of the molecule is CN1CCC(N2CCN(C(=O)CCN3CCNCC3)CC2)CC1. The predicted octanol–water partition coefficient (Wildman–Crippen LogP) is -0.480. The van der Waals surface area contributed by atoms with Gasteiger partial charge in [-0.05, 0) is 33.0 Å². The summed E-state index contributed by atoms with van der Waals surface area (Å²) in [4.78, 5) is 22.0. The van der Waals surface area contributed by atoms with Crippen LogP contribution in [-0.4, -0.2) is 111 Å². The molecule has 0 saturated carbocycles. The average molecular weight is 323 g/mol. The summed E-state index contributed by atoms with van der Waals surface area (Å²) in [5.41, 5.74) is 0. The van der Waals surface area contributed by atoms with Crippen molar-refractivity contribution in [3.8, 4) is 0 Å². The Morgan fingerprint density at radius 3 is 2.26 bits per heavy atom. The van der Waals surface area contributed by atoms with Crippen molar-refractivity contribution in [1.29, 1.82) is 0 Å². The largest absolute Gasteiger partial charge is 0.340 e. The van der Waals surface area contributed by atoms with E-state index in [1.165, 1.54) is 25.9 Å². The number of piperidine rings is 1. The number of rotatable bonds is 4. The first kappa shape index (κ1) is 17.1. The number of nitrogens with one attached hydrogen (secondary N) is 1. The number of hydrogen-bond donors (Lipinski definition) is 1. The molecule has 0 atom stereocenters. The number of piperazine rings is 2. The number of amides is 1. The second-order valence-corrected chi connectivity index (χ2v) is 7.29. The standard InChI is InChI=1S/C17H33N5O/c1-19-7-2-16(3-8-19)21-12-14-22(15-13-21)17(23)4-9-20-10-5-18-6-11-20/h16,18H,2-15H2,1H3.